The average Bonchev–Trinajstić information content (AvgIpc) is 3.03. The summed E-state index contributed by atoms with van der Waals surface area (Å²) in [5.41, 5.74) is 5.71. The number of hydrogen-bond donors (Lipinski definition) is 1. The molecule has 0 aliphatic heterocycles. The summed E-state index contributed by atoms with van der Waals surface area (Å²) in [6.45, 7) is 7.51. The molecule has 2 aromatic heterocycles. The Morgan fingerprint density at radius 3 is 2.43 bits per heavy atom. The van der Waals surface area contributed by atoms with E-state index in [4.69, 9.17) is 15.2 Å². The van der Waals surface area contributed by atoms with Gasteiger partial charge >= 0.3 is 11.9 Å². The summed E-state index contributed by atoms with van der Waals surface area (Å²) in [7, 11) is 0. The molecule has 0 aliphatic rings. The smallest absolute Gasteiger partial charge is 0.348 e. The highest BCUT2D eigenvalue weighted by molar-refractivity contribution is 7.25. The van der Waals surface area contributed by atoms with Gasteiger partial charge in [0, 0.05) is 9.75 Å². The van der Waals surface area contributed by atoms with E-state index < -0.39 is 11.6 Å². The van der Waals surface area contributed by atoms with Crippen LogP contribution in [0.4, 0.5) is 5.00 Å². The first-order chi connectivity index (χ1) is 10.7. The van der Waals surface area contributed by atoms with Gasteiger partial charge in [-0.05, 0) is 45.9 Å². The van der Waals surface area contributed by atoms with E-state index >= 15 is 0 Å². The van der Waals surface area contributed by atoms with Crippen molar-refractivity contribution in [3.8, 4) is 9.75 Å². The predicted octanol–water partition coefficient (Wildman–Crippen LogP) is 4.19. The Morgan fingerprint density at radius 2 is 1.83 bits per heavy atom. The summed E-state index contributed by atoms with van der Waals surface area (Å²) in [6.07, 6.45) is 0. The third kappa shape index (κ3) is 4.33. The van der Waals surface area contributed by atoms with E-state index in [0.29, 0.717) is 22.0 Å². The van der Waals surface area contributed by atoms with Crippen LogP contribution in [0, 0.1) is 0 Å². The van der Waals surface area contributed by atoms with Crippen LogP contribution in [0.3, 0.4) is 0 Å². The second-order valence-electron chi connectivity index (χ2n) is 5.77. The first-order valence-electron chi connectivity index (χ1n) is 7.11. The second-order valence-corrected chi connectivity index (χ2v) is 7.94. The highest BCUT2D eigenvalue weighted by atomic mass is 32.1. The van der Waals surface area contributed by atoms with E-state index in [1.165, 1.54) is 22.7 Å². The Balaban J connectivity index is 2.23. The lowest BCUT2D eigenvalue weighted by molar-refractivity contribution is 0.00750. The highest BCUT2D eigenvalue weighted by Crippen LogP contribution is 2.38. The minimum absolute atomic E-state index is 0.297. The van der Waals surface area contributed by atoms with E-state index in [9.17, 15) is 9.59 Å². The number of anilines is 1. The number of nitrogens with two attached hydrogens (primary N) is 1. The number of hydrogen-bond acceptors (Lipinski definition) is 7. The fourth-order valence-electron chi connectivity index (χ4n) is 1.80. The van der Waals surface area contributed by atoms with Crippen molar-refractivity contribution in [3.05, 3.63) is 28.6 Å². The normalized spacial score (nSPS) is 11.3. The molecule has 5 nitrogen and oxygen atoms in total. The topological polar surface area (TPSA) is 78.6 Å². The van der Waals surface area contributed by atoms with E-state index in [1.807, 2.05) is 26.8 Å². The van der Waals surface area contributed by atoms with Crippen LogP contribution in [0.2, 0.25) is 0 Å². The fraction of sp³-hybridized carbons (Fsp3) is 0.375. The number of carbonyl (C=O) groups excluding carboxylic acids is 2. The maximum Gasteiger partial charge on any atom is 0.348 e. The minimum Gasteiger partial charge on any atom is -0.462 e. The zero-order chi connectivity index (χ0) is 17.2. The molecule has 2 aromatic rings. The molecule has 0 unspecified atom stereocenters. The molecule has 7 heteroatoms. The van der Waals surface area contributed by atoms with Gasteiger partial charge in [0.2, 0.25) is 0 Å². The first-order valence-corrected chi connectivity index (χ1v) is 8.74. The van der Waals surface area contributed by atoms with Crippen LogP contribution < -0.4 is 5.73 Å². The van der Waals surface area contributed by atoms with Crippen LogP contribution in [0.5, 0.6) is 0 Å². The van der Waals surface area contributed by atoms with Crippen LogP contribution in [0.25, 0.3) is 9.75 Å². The standard InChI is InChI=1S/C16H19NO4S2/c1-5-20-14(18)9-8-12(23-13(9)17)10-6-7-11(22-10)15(19)21-16(2,3)4/h6-8H,5,17H2,1-4H3. The summed E-state index contributed by atoms with van der Waals surface area (Å²) < 4.78 is 10.3. The van der Waals surface area contributed by atoms with E-state index in [2.05, 4.69) is 0 Å². The van der Waals surface area contributed by atoms with Crippen LogP contribution in [-0.4, -0.2) is 24.1 Å². The van der Waals surface area contributed by atoms with Crippen molar-refractivity contribution in [2.45, 2.75) is 33.3 Å². The summed E-state index contributed by atoms with van der Waals surface area (Å²) in [4.78, 5) is 26.1. The van der Waals surface area contributed by atoms with E-state index in [0.717, 1.165) is 9.75 Å². The van der Waals surface area contributed by atoms with Gasteiger partial charge in [0.25, 0.3) is 0 Å². The van der Waals surface area contributed by atoms with Gasteiger partial charge in [0.15, 0.2) is 0 Å². The monoisotopic (exact) mass is 353 g/mol. The summed E-state index contributed by atoms with van der Waals surface area (Å²) in [5.74, 6) is -0.791. The Morgan fingerprint density at radius 1 is 1.13 bits per heavy atom. The first kappa shape index (κ1) is 17.5. The molecule has 0 aromatic carbocycles. The lowest BCUT2D eigenvalue weighted by Crippen LogP contribution is -2.23. The summed E-state index contributed by atoms with van der Waals surface area (Å²) >= 11 is 2.61. The number of nitrogen functional groups attached to an aromatic ring is 1. The van der Waals surface area contributed by atoms with Gasteiger partial charge in [-0.25, -0.2) is 9.59 Å². The zero-order valence-electron chi connectivity index (χ0n) is 13.5. The van der Waals surface area contributed by atoms with Crippen molar-refractivity contribution in [2.75, 3.05) is 12.3 Å². The van der Waals surface area contributed by atoms with Crippen LogP contribution in [-0.2, 0) is 9.47 Å². The van der Waals surface area contributed by atoms with Crippen LogP contribution in [0.1, 0.15) is 47.7 Å². The molecule has 0 spiro atoms. The average molecular weight is 353 g/mol. The molecule has 124 valence electrons. The molecule has 23 heavy (non-hydrogen) atoms. The SMILES string of the molecule is CCOC(=O)c1cc(-c2ccc(C(=O)OC(C)(C)C)s2)sc1N. The number of esters is 2. The molecular formula is C16H19NO4S2. The summed E-state index contributed by atoms with van der Waals surface area (Å²) in [6, 6.07) is 5.24. The lowest BCUT2D eigenvalue weighted by atomic mass is 10.2. The van der Waals surface area contributed by atoms with Crippen molar-refractivity contribution >= 4 is 39.6 Å². The van der Waals surface area contributed by atoms with Gasteiger partial charge < -0.3 is 15.2 Å². The van der Waals surface area contributed by atoms with Crippen molar-refractivity contribution in [3.63, 3.8) is 0 Å². The third-order valence-corrected chi connectivity index (χ3v) is 4.93. The van der Waals surface area contributed by atoms with Gasteiger partial charge in [-0.1, -0.05) is 0 Å². The van der Waals surface area contributed by atoms with Gasteiger partial charge in [-0.2, -0.15) is 0 Å². The van der Waals surface area contributed by atoms with Gasteiger partial charge in [0.05, 0.1) is 12.2 Å². The maximum atomic E-state index is 12.1. The van der Waals surface area contributed by atoms with Crippen molar-refractivity contribution in [1.29, 1.82) is 0 Å². The Labute approximate surface area is 143 Å². The fourth-order valence-corrected chi connectivity index (χ4v) is 3.68. The van der Waals surface area contributed by atoms with Crippen LogP contribution >= 0.6 is 22.7 Å². The van der Waals surface area contributed by atoms with Gasteiger partial charge in [-0.15, -0.1) is 22.7 Å². The maximum absolute atomic E-state index is 12.1. The molecule has 0 bridgehead atoms. The molecule has 0 saturated carbocycles. The second kappa shape index (κ2) is 6.72. The largest absolute Gasteiger partial charge is 0.462 e. The minimum atomic E-state index is -0.536. The Bertz CT molecular complexity index is 725. The number of rotatable bonds is 4. The Kier molecular flexibility index (Phi) is 5.11. The quantitative estimate of drug-likeness (QED) is 0.834. The number of ether oxygens (including phenoxy) is 2. The van der Waals surface area contributed by atoms with E-state index in [1.54, 1.807) is 19.1 Å². The molecule has 0 aliphatic carbocycles. The predicted molar refractivity (Wildman–Crippen MR) is 93.2 cm³/mol. The molecule has 0 fully saturated rings. The van der Waals surface area contributed by atoms with Gasteiger partial charge in [-0.3, -0.25) is 0 Å². The Hall–Kier alpha value is -1.86. The molecule has 2 N–H and O–H groups in total. The van der Waals surface area contributed by atoms with Crippen molar-refractivity contribution in [2.24, 2.45) is 0 Å². The van der Waals surface area contributed by atoms with Gasteiger partial charge in [0.1, 0.15) is 15.5 Å². The highest BCUT2D eigenvalue weighted by Gasteiger charge is 2.21. The molecule has 0 saturated heterocycles. The lowest BCUT2D eigenvalue weighted by Gasteiger charge is -2.18. The van der Waals surface area contributed by atoms with Crippen molar-refractivity contribution < 1.29 is 19.1 Å². The molecule has 2 rings (SSSR count). The third-order valence-electron chi connectivity index (χ3n) is 2.71. The molecular weight excluding hydrogens is 334 g/mol. The van der Waals surface area contributed by atoms with E-state index in [-0.39, 0.29) is 5.97 Å². The molecule has 2 heterocycles. The molecule has 0 radical (unpaired) electrons. The number of thiophene rings is 2. The van der Waals surface area contributed by atoms with Crippen molar-refractivity contribution in [1.82, 2.24) is 0 Å². The zero-order valence-corrected chi connectivity index (χ0v) is 15.1. The van der Waals surface area contributed by atoms with Crippen LogP contribution in [0.15, 0.2) is 18.2 Å². The molecule has 0 atom stereocenters. The number of carbonyl (C=O) groups is 2. The molecule has 0 amide bonds. The summed E-state index contributed by atoms with van der Waals surface area (Å²) in [5, 5.41) is 0.408.